The Hall–Kier alpha value is -1.46. The largest absolute Gasteiger partial charge is 0.287 e. The van der Waals surface area contributed by atoms with Crippen molar-refractivity contribution in [1.82, 2.24) is 9.78 Å². The second-order valence-electron chi connectivity index (χ2n) is 3.54. The summed E-state index contributed by atoms with van der Waals surface area (Å²) in [6.07, 6.45) is 1.25. The molecular weight excluding hydrogens is 285 g/mol. The molecule has 1 aromatic carbocycles. The van der Waals surface area contributed by atoms with Crippen LogP contribution in [0, 0.1) is 11.6 Å². The van der Waals surface area contributed by atoms with Crippen molar-refractivity contribution >= 4 is 29.0 Å². The first kappa shape index (κ1) is 13.0. The maximum Gasteiger partial charge on any atom is 0.215 e. The molecule has 0 fully saturated rings. The van der Waals surface area contributed by atoms with Gasteiger partial charge >= 0.3 is 0 Å². The molecule has 0 aliphatic heterocycles. The molecule has 0 atom stereocenters. The van der Waals surface area contributed by atoms with Gasteiger partial charge in [-0.1, -0.05) is 23.2 Å². The van der Waals surface area contributed by atoms with Crippen LogP contribution < -0.4 is 0 Å². The van der Waals surface area contributed by atoms with Crippen LogP contribution in [0.1, 0.15) is 16.1 Å². The van der Waals surface area contributed by atoms with Gasteiger partial charge in [0.15, 0.2) is 0 Å². The molecule has 7 heteroatoms. The first-order valence-corrected chi connectivity index (χ1v) is 5.54. The highest BCUT2D eigenvalue weighted by Crippen LogP contribution is 2.24. The zero-order chi connectivity index (χ0) is 13.4. The number of carbonyl (C=O) groups is 1. The van der Waals surface area contributed by atoms with E-state index in [9.17, 15) is 13.6 Å². The van der Waals surface area contributed by atoms with Crippen molar-refractivity contribution in [1.29, 1.82) is 0 Å². The second-order valence-corrected chi connectivity index (χ2v) is 4.35. The smallest absolute Gasteiger partial charge is 0.215 e. The van der Waals surface area contributed by atoms with Gasteiger partial charge in [0, 0.05) is 7.05 Å². The maximum atomic E-state index is 13.6. The lowest BCUT2D eigenvalue weighted by Crippen LogP contribution is -2.11. The predicted molar refractivity (Wildman–Crippen MR) is 63.0 cm³/mol. The van der Waals surface area contributed by atoms with Crippen LogP contribution in [0.3, 0.4) is 0 Å². The van der Waals surface area contributed by atoms with E-state index in [1.165, 1.54) is 17.9 Å². The molecule has 0 aliphatic carbocycles. The highest BCUT2D eigenvalue weighted by atomic mass is 35.5. The molecule has 0 unspecified atom stereocenters. The highest BCUT2D eigenvalue weighted by molar-refractivity contribution is 6.34. The van der Waals surface area contributed by atoms with Crippen LogP contribution in [-0.4, -0.2) is 15.6 Å². The van der Waals surface area contributed by atoms with Crippen molar-refractivity contribution in [2.75, 3.05) is 0 Å². The summed E-state index contributed by atoms with van der Waals surface area (Å²) in [5, 5.41) is 3.43. The van der Waals surface area contributed by atoms with Gasteiger partial charge in [0.25, 0.3) is 0 Å². The van der Waals surface area contributed by atoms with Gasteiger partial charge in [-0.15, -0.1) is 0 Å². The van der Waals surface area contributed by atoms with Crippen molar-refractivity contribution < 1.29 is 13.6 Å². The maximum absolute atomic E-state index is 13.6. The third-order valence-corrected chi connectivity index (χ3v) is 2.93. The SMILES string of the molecule is Cn1ncc(Cl)c1C(=O)c1cc(F)c(Cl)cc1F. The lowest BCUT2D eigenvalue weighted by atomic mass is 10.1. The fourth-order valence-electron chi connectivity index (χ4n) is 1.49. The van der Waals surface area contributed by atoms with Gasteiger partial charge in [0.05, 0.1) is 21.8 Å². The summed E-state index contributed by atoms with van der Waals surface area (Å²) in [6, 6.07) is 1.48. The Bertz CT molecular complexity index is 621. The van der Waals surface area contributed by atoms with Gasteiger partial charge in [-0.3, -0.25) is 9.48 Å². The number of rotatable bonds is 2. The van der Waals surface area contributed by atoms with Gasteiger partial charge in [-0.2, -0.15) is 5.10 Å². The van der Waals surface area contributed by atoms with Crippen molar-refractivity contribution in [2.45, 2.75) is 0 Å². The lowest BCUT2D eigenvalue weighted by molar-refractivity contribution is 0.102. The summed E-state index contributed by atoms with van der Waals surface area (Å²) < 4.78 is 28.0. The van der Waals surface area contributed by atoms with Gasteiger partial charge in [-0.05, 0) is 12.1 Å². The third kappa shape index (κ3) is 2.11. The van der Waals surface area contributed by atoms with Crippen LogP contribution in [0.5, 0.6) is 0 Å². The molecule has 2 aromatic rings. The molecule has 18 heavy (non-hydrogen) atoms. The Balaban J connectivity index is 2.57. The molecule has 0 N–H and O–H groups in total. The fourth-order valence-corrected chi connectivity index (χ4v) is 1.89. The minimum Gasteiger partial charge on any atom is -0.287 e. The molecule has 94 valence electrons. The molecule has 0 amide bonds. The number of benzene rings is 1. The highest BCUT2D eigenvalue weighted by Gasteiger charge is 2.22. The first-order chi connectivity index (χ1) is 8.41. The van der Waals surface area contributed by atoms with Crippen LogP contribution in [-0.2, 0) is 7.05 Å². The molecule has 0 aliphatic rings. The van der Waals surface area contributed by atoms with E-state index in [4.69, 9.17) is 23.2 Å². The molecular formula is C11H6Cl2F2N2O. The van der Waals surface area contributed by atoms with E-state index >= 15 is 0 Å². The minimum absolute atomic E-state index is 0.0164. The van der Waals surface area contributed by atoms with E-state index in [0.29, 0.717) is 0 Å². The number of aryl methyl sites for hydroxylation is 1. The zero-order valence-corrected chi connectivity index (χ0v) is 10.6. The molecule has 0 spiro atoms. The quantitative estimate of drug-likeness (QED) is 0.629. The number of hydrogen-bond donors (Lipinski definition) is 0. The molecule has 0 saturated carbocycles. The zero-order valence-electron chi connectivity index (χ0n) is 9.05. The summed E-state index contributed by atoms with van der Waals surface area (Å²) in [5.41, 5.74) is -0.459. The summed E-state index contributed by atoms with van der Waals surface area (Å²) in [7, 11) is 1.48. The van der Waals surface area contributed by atoms with Crippen molar-refractivity contribution in [2.24, 2.45) is 7.05 Å². The van der Waals surface area contributed by atoms with E-state index in [0.717, 1.165) is 12.1 Å². The van der Waals surface area contributed by atoms with Crippen molar-refractivity contribution in [3.05, 3.63) is 51.3 Å². The van der Waals surface area contributed by atoms with Crippen LogP contribution >= 0.6 is 23.2 Å². The molecule has 0 bridgehead atoms. The Morgan fingerprint density at radius 2 is 1.89 bits per heavy atom. The van der Waals surface area contributed by atoms with E-state index < -0.39 is 23.0 Å². The predicted octanol–water partition coefficient (Wildman–Crippen LogP) is 3.24. The van der Waals surface area contributed by atoms with E-state index in [-0.39, 0.29) is 15.7 Å². The lowest BCUT2D eigenvalue weighted by Gasteiger charge is -2.05. The van der Waals surface area contributed by atoms with E-state index in [2.05, 4.69) is 5.10 Å². The van der Waals surface area contributed by atoms with Gasteiger partial charge in [0.2, 0.25) is 5.78 Å². The van der Waals surface area contributed by atoms with Gasteiger partial charge in [-0.25, -0.2) is 8.78 Å². The average molecular weight is 291 g/mol. The Kier molecular flexibility index (Phi) is 3.36. The van der Waals surface area contributed by atoms with E-state index in [1.807, 2.05) is 0 Å². The Morgan fingerprint density at radius 3 is 2.44 bits per heavy atom. The topological polar surface area (TPSA) is 34.9 Å². The van der Waals surface area contributed by atoms with Crippen LogP contribution in [0.4, 0.5) is 8.78 Å². The standard InChI is InChI=1S/C11H6Cl2F2N2O/c1-17-10(7(13)4-16-17)11(18)5-2-9(15)6(12)3-8(5)14/h2-4H,1H3. The number of nitrogens with zero attached hydrogens (tertiary/aromatic N) is 2. The number of hydrogen-bond acceptors (Lipinski definition) is 2. The van der Waals surface area contributed by atoms with Crippen LogP contribution in [0.25, 0.3) is 0 Å². The number of aromatic nitrogens is 2. The summed E-state index contributed by atoms with van der Waals surface area (Å²) in [5.74, 6) is -2.54. The third-order valence-electron chi connectivity index (χ3n) is 2.36. The second kappa shape index (κ2) is 4.66. The number of ketones is 1. The Labute approximate surface area is 111 Å². The molecule has 1 aromatic heterocycles. The van der Waals surface area contributed by atoms with Crippen molar-refractivity contribution in [3.8, 4) is 0 Å². The summed E-state index contributed by atoms with van der Waals surface area (Å²) in [6.45, 7) is 0. The minimum atomic E-state index is -0.913. The number of carbonyl (C=O) groups excluding carboxylic acids is 1. The van der Waals surface area contributed by atoms with Gasteiger partial charge < -0.3 is 0 Å². The monoisotopic (exact) mass is 290 g/mol. The summed E-state index contributed by atoms with van der Waals surface area (Å²) in [4.78, 5) is 12.0. The molecule has 1 heterocycles. The van der Waals surface area contributed by atoms with Gasteiger partial charge in [0.1, 0.15) is 17.3 Å². The molecule has 2 rings (SSSR count). The molecule has 3 nitrogen and oxygen atoms in total. The average Bonchev–Trinajstić information content (AvgIpc) is 2.63. The normalized spacial score (nSPS) is 10.7. The van der Waals surface area contributed by atoms with Crippen molar-refractivity contribution in [3.63, 3.8) is 0 Å². The molecule has 0 saturated heterocycles. The Morgan fingerprint density at radius 1 is 1.22 bits per heavy atom. The fraction of sp³-hybridized carbons (Fsp3) is 0.0909. The van der Waals surface area contributed by atoms with Crippen LogP contribution in [0.15, 0.2) is 18.3 Å². The first-order valence-electron chi connectivity index (χ1n) is 4.78. The van der Waals surface area contributed by atoms with E-state index in [1.54, 1.807) is 0 Å². The molecule has 0 radical (unpaired) electrons. The number of halogens is 4. The van der Waals surface area contributed by atoms with Crippen LogP contribution in [0.2, 0.25) is 10.0 Å². The summed E-state index contributed by atoms with van der Waals surface area (Å²) >= 11 is 11.2.